The van der Waals surface area contributed by atoms with Gasteiger partial charge in [0, 0.05) is 11.8 Å². The van der Waals surface area contributed by atoms with Crippen LogP contribution in [0.3, 0.4) is 0 Å². The molecule has 0 atom stereocenters. The third-order valence-electron chi connectivity index (χ3n) is 2.49. The lowest BCUT2D eigenvalue weighted by Gasteiger charge is -2.08. The highest BCUT2D eigenvalue weighted by Gasteiger charge is 2.33. The summed E-state index contributed by atoms with van der Waals surface area (Å²) in [5.74, 6) is 1.14. The number of ether oxygens (including phenoxy) is 1. The van der Waals surface area contributed by atoms with E-state index in [1.165, 1.54) is 0 Å². The first-order valence-corrected chi connectivity index (χ1v) is 7.12. The van der Waals surface area contributed by atoms with Crippen LogP contribution in [-0.4, -0.2) is 17.1 Å². The highest BCUT2D eigenvalue weighted by molar-refractivity contribution is 7.98. The van der Waals surface area contributed by atoms with Crippen LogP contribution in [0.2, 0.25) is 5.15 Å². The SMILES string of the molecule is COc1ccc(CSc2nc(Cl)cc(C(F)(F)F)n2)cc1. The molecule has 0 saturated heterocycles. The molecule has 2 rings (SSSR count). The first kappa shape index (κ1) is 15.9. The van der Waals surface area contributed by atoms with E-state index < -0.39 is 11.9 Å². The predicted octanol–water partition coefficient (Wildman–Crippen LogP) is 4.45. The molecule has 2 aromatic rings. The number of hydrogen-bond acceptors (Lipinski definition) is 4. The van der Waals surface area contributed by atoms with Crippen LogP contribution in [0.4, 0.5) is 13.2 Å². The van der Waals surface area contributed by atoms with Crippen LogP contribution >= 0.6 is 23.4 Å². The maximum atomic E-state index is 12.6. The Morgan fingerprint density at radius 3 is 2.43 bits per heavy atom. The number of thioether (sulfide) groups is 1. The number of nitrogens with zero attached hydrogens (tertiary/aromatic N) is 2. The van der Waals surface area contributed by atoms with Gasteiger partial charge in [-0.2, -0.15) is 13.2 Å². The third-order valence-corrected chi connectivity index (χ3v) is 3.60. The molecule has 0 fully saturated rings. The van der Waals surface area contributed by atoms with Crippen LogP contribution in [0.5, 0.6) is 5.75 Å². The molecule has 0 saturated carbocycles. The van der Waals surface area contributed by atoms with E-state index in [-0.39, 0.29) is 10.3 Å². The van der Waals surface area contributed by atoms with Crippen LogP contribution < -0.4 is 4.74 Å². The fourth-order valence-corrected chi connectivity index (χ4v) is 2.52. The second-order valence-corrected chi connectivity index (χ2v) is 5.32. The Balaban J connectivity index is 2.10. The zero-order valence-corrected chi connectivity index (χ0v) is 12.4. The van der Waals surface area contributed by atoms with Crippen molar-refractivity contribution in [3.8, 4) is 5.75 Å². The molecule has 0 aliphatic carbocycles. The van der Waals surface area contributed by atoms with Gasteiger partial charge in [-0.15, -0.1) is 0 Å². The minimum atomic E-state index is -4.54. The number of methoxy groups -OCH3 is 1. The summed E-state index contributed by atoms with van der Waals surface area (Å²) in [5.41, 5.74) is -0.127. The van der Waals surface area contributed by atoms with Crippen molar-refractivity contribution >= 4 is 23.4 Å². The van der Waals surface area contributed by atoms with Gasteiger partial charge in [0.05, 0.1) is 7.11 Å². The molecule has 21 heavy (non-hydrogen) atoms. The lowest BCUT2D eigenvalue weighted by Crippen LogP contribution is -2.09. The van der Waals surface area contributed by atoms with Crippen molar-refractivity contribution in [1.29, 1.82) is 0 Å². The summed E-state index contributed by atoms with van der Waals surface area (Å²) in [6.45, 7) is 0. The molecular formula is C13H10ClF3N2OS. The van der Waals surface area contributed by atoms with Crippen molar-refractivity contribution in [2.24, 2.45) is 0 Å². The minimum absolute atomic E-state index is 0.00866. The molecule has 0 bridgehead atoms. The van der Waals surface area contributed by atoms with Crippen molar-refractivity contribution < 1.29 is 17.9 Å². The molecule has 0 aliphatic heterocycles. The van der Waals surface area contributed by atoms with Crippen molar-refractivity contribution in [3.63, 3.8) is 0 Å². The van der Waals surface area contributed by atoms with Crippen LogP contribution in [0.25, 0.3) is 0 Å². The van der Waals surface area contributed by atoms with Gasteiger partial charge in [-0.1, -0.05) is 35.5 Å². The molecule has 1 aromatic heterocycles. The highest BCUT2D eigenvalue weighted by Crippen LogP contribution is 2.31. The summed E-state index contributed by atoms with van der Waals surface area (Å²) in [5, 5.41) is -0.236. The molecule has 0 N–H and O–H groups in total. The fourth-order valence-electron chi connectivity index (χ4n) is 1.48. The molecule has 8 heteroatoms. The van der Waals surface area contributed by atoms with E-state index in [1.807, 2.05) is 12.1 Å². The second-order valence-electron chi connectivity index (χ2n) is 3.99. The maximum Gasteiger partial charge on any atom is 0.433 e. The zero-order valence-electron chi connectivity index (χ0n) is 10.8. The molecule has 112 valence electrons. The number of halogens is 4. The summed E-state index contributed by atoms with van der Waals surface area (Å²) in [7, 11) is 1.56. The van der Waals surface area contributed by atoms with Gasteiger partial charge in [-0.3, -0.25) is 0 Å². The smallest absolute Gasteiger partial charge is 0.433 e. The van der Waals surface area contributed by atoms with Gasteiger partial charge in [0.25, 0.3) is 0 Å². The number of aromatic nitrogens is 2. The highest BCUT2D eigenvalue weighted by atomic mass is 35.5. The summed E-state index contributed by atoms with van der Waals surface area (Å²) in [4.78, 5) is 7.26. The summed E-state index contributed by atoms with van der Waals surface area (Å²) < 4.78 is 42.9. The average molecular weight is 335 g/mol. The topological polar surface area (TPSA) is 35.0 Å². The van der Waals surface area contributed by atoms with Crippen LogP contribution in [0.15, 0.2) is 35.5 Å². The van der Waals surface area contributed by atoms with E-state index in [0.29, 0.717) is 17.6 Å². The first-order valence-electron chi connectivity index (χ1n) is 5.76. The Kier molecular flexibility index (Phi) is 4.95. The molecule has 0 amide bonds. The zero-order chi connectivity index (χ0) is 15.5. The van der Waals surface area contributed by atoms with E-state index in [9.17, 15) is 13.2 Å². The molecule has 3 nitrogen and oxygen atoms in total. The molecule has 0 aliphatic rings. The Morgan fingerprint density at radius 1 is 1.19 bits per heavy atom. The van der Waals surface area contributed by atoms with E-state index in [0.717, 1.165) is 17.3 Å². The number of benzene rings is 1. The number of hydrogen-bond donors (Lipinski definition) is 0. The van der Waals surface area contributed by atoms with Gasteiger partial charge in [0.2, 0.25) is 0 Å². The predicted molar refractivity (Wildman–Crippen MR) is 74.6 cm³/mol. The van der Waals surface area contributed by atoms with Gasteiger partial charge < -0.3 is 4.74 Å². The molecule has 0 radical (unpaired) electrons. The fraction of sp³-hybridized carbons (Fsp3) is 0.231. The quantitative estimate of drug-likeness (QED) is 0.470. The normalized spacial score (nSPS) is 11.5. The van der Waals surface area contributed by atoms with E-state index in [2.05, 4.69) is 9.97 Å². The first-order chi connectivity index (χ1) is 9.88. The van der Waals surface area contributed by atoms with Gasteiger partial charge in [0.15, 0.2) is 10.9 Å². The van der Waals surface area contributed by atoms with Crippen LogP contribution in [0.1, 0.15) is 11.3 Å². The minimum Gasteiger partial charge on any atom is -0.497 e. The average Bonchev–Trinajstić information content (AvgIpc) is 2.44. The second kappa shape index (κ2) is 6.53. The van der Waals surface area contributed by atoms with Gasteiger partial charge >= 0.3 is 6.18 Å². The van der Waals surface area contributed by atoms with Gasteiger partial charge in [-0.05, 0) is 17.7 Å². The Hall–Kier alpha value is -1.47. The van der Waals surface area contributed by atoms with Crippen LogP contribution in [0, 0.1) is 0 Å². The lowest BCUT2D eigenvalue weighted by atomic mass is 10.2. The van der Waals surface area contributed by atoms with Crippen molar-refractivity contribution in [2.75, 3.05) is 7.11 Å². The summed E-state index contributed by atoms with van der Waals surface area (Å²) >= 11 is 6.68. The van der Waals surface area contributed by atoms with Crippen molar-refractivity contribution in [3.05, 3.63) is 46.7 Å². The largest absolute Gasteiger partial charge is 0.497 e. The van der Waals surface area contributed by atoms with Crippen molar-refractivity contribution in [1.82, 2.24) is 9.97 Å². The molecule has 0 unspecified atom stereocenters. The number of alkyl halides is 3. The van der Waals surface area contributed by atoms with Gasteiger partial charge in [-0.25, -0.2) is 9.97 Å². The molecule has 1 heterocycles. The Morgan fingerprint density at radius 2 is 1.86 bits per heavy atom. The van der Waals surface area contributed by atoms with Crippen molar-refractivity contribution in [2.45, 2.75) is 17.1 Å². The molecule has 1 aromatic carbocycles. The molecule has 0 spiro atoms. The Bertz CT molecular complexity index is 620. The monoisotopic (exact) mass is 334 g/mol. The van der Waals surface area contributed by atoms with E-state index in [4.69, 9.17) is 16.3 Å². The van der Waals surface area contributed by atoms with E-state index >= 15 is 0 Å². The standard InChI is InChI=1S/C13H10ClF3N2OS/c1-20-9-4-2-8(3-5-9)7-21-12-18-10(13(15,16)17)6-11(14)19-12/h2-6H,7H2,1H3. The molecular weight excluding hydrogens is 325 g/mol. The van der Waals surface area contributed by atoms with Crippen LogP contribution in [-0.2, 0) is 11.9 Å². The Labute approximate surface area is 128 Å². The number of rotatable bonds is 4. The summed E-state index contributed by atoms with van der Waals surface area (Å²) in [6, 6.07) is 7.90. The summed E-state index contributed by atoms with van der Waals surface area (Å²) in [6.07, 6.45) is -4.54. The van der Waals surface area contributed by atoms with E-state index in [1.54, 1.807) is 19.2 Å². The lowest BCUT2D eigenvalue weighted by molar-refractivity contribution is -0.141. The maximum absolute atomic E-state index is 12.6. The van der Waals surface area contributed by atoms with Gasteiger partial charge in [0.1, 0.15) is 10.9 Å². The third kappa shape index (κ3) is 4.50.